The third-order valence-corrected chi connectivity index (χ3v) is 9.79. The quantitative estimate of drug-likeness (QED) is 0.806. The highest BCUT2D eigenvalue weighted by Crippen LogP contribution is 2.85. The maximum absolute atomic E-state index is 12.1. The van der Waals surface area contributed by atoms with E-state index in [1.54, 1.807) is 0 Å². The summed E-state index contributed by atoms with van der Waals surface area (Å²) in [5, 5.41) is 19.7. The second kappa shape index (κ2) is 4.02. The van der Waals surface area contributed by atoms with Crippen LogP contribution in [-0.4, -0.2) is 22.2 Å². The lowest BCUT2D eigenvalue weighted by molar-refractivity contribution is -0.188. The van der Waals surface area contributed by atoms with E-state index >= 15 is 0 Å². The van der Waals surface area contributed by atoms with Gasteiger partial charge in [0.15, 0.2) is 0 Å². The van der Waals surface area contributed by atoms with Gasteiger partial charge < -0.3 is 10.2 Å². The van der Waals surface area contributed by atoms with E-state index in [-0.39, 0.29) is 16.7 Å². The second-order valence-corrected chi connectivity index (χ2v) is 10.3. The molecule has 0 aromatic rings. The van der Waals surface area contributed by atoms with Gasteiger partial charge in [-0.25, -0.2) is 0 Å². The minimum Gasteiger partial charge on any atom is -0.481 e. The van der Waals surface area contributed by atoms with Gasteiger partial charge in [0.2, 0.25) is 0 Å². The lowest BCUT2D eigenvalue weighted by Crippen LogP contribution is -2.59. The first-order valence-corrected chi connectivity index (χ1v) is 9.68. The summed E-state index contributed by atoms with van der Waals surface area (Å²) in [4.78, 5) is 24.0. The first-order chi connectivity index (χ1) is 11.2. The molecule has 6 aliphatic carbocycles. The Bertz CT molecular complexity index is 658. The van der Waals surface area contributed by atoms with Crippen LogP contribution in [0.4, 0.5) is 0 Å². The Labute approximate surface area is 143 Å². The molecule has 6 aliphatic rings. The molecule has 6 rings (SSSR count). The van der Waals surface area contributed by atoms with Gasteiger partial charge in [0.1, 0.15) is 0 Å². The normalized spacial score (nSPS) is 60.1. The summed E-state index contributed by atoms with van der Waals surface area (Å²) in [7, 11) is 0. The molecule has 8 atom stereocenters. The van der Waals surface area contributed by atoms with Gasteiger partial charge in [-0.3, -0.25) is 9.59 Å². The lowest BCUT2D eigenvalue weighted by Gasteiger charge is -2.64. The molecular formula is C20H28O4. The van der Waals surface area contributed by atoms with E-state index in [1.165, 1.54) is 0 Å². The monoisotopic (exact) mass is 332 g/mol. The fourth-order valence-corrected chi connectivity index (χ4v) is 8.82. The third-order valence-electron chi connectivity index (χ3n) is 9.79. The zero-order chi connectivity index (χ0) is 17.1. The number of carbonyl (C=O) groups is 2. The van der Waals surface area contributed by atoms with Crippen LogP contribution in [-0.2, 0) is 9.59 Å². The van der Waals surface area contributed by atoms with Gasteiger partial charge in [-0.1, -0.05) is 13.3 Å². The molecule has 6 saturated carbocycles. The van der Waals surface area contributed by atoms with Crippen LogP contribution in [0.2, 0.25) is 0 Å². The molecule has 0 radical (unpaired) electrons. The Morgan fingerprint density at radius 2 is 1.71 bits per heavy atom. The average Bonchev–Trinajstić information content (AvgIpc) is 3.02. The predicted molar refractivity (Wildman–Crippen MR) is 87.2 cm³/mol. The Kier molecular flexibility index (Phi) is 2.55. The van der Waals surface area contributed by atoms with Crippen molar-refractivity contribution in [2.45, 2.75) is 65.2 Å². The average molecular weight is 332 g/mol. The molecule has 0 heterocycles. The van der Waals surface area contributed by atoms with E-state index in [4.69, 9.17) is 0 Å². The summed E-state index contributed by atoms with van der Waals surface area (Å²) < 4.78 is 0. The van der Waals surface area contributed by atoms with Crippen molar-refractivity contribution in [1.82, 2.24) is 0 Å². The highest BCUT2D eigenvalue weighted by molar-refractivity contribution is 5.81. The minimum absolute atomic E-state index is 0.0852. The standard InChI is InChI=1S/C20H28O4/c1-17-5-3-6-18(2,15(21)22)13(17)4-7-19-9-12-11(8-14(17)19)20(12,10-19)16(23)24/h11-14H,3-10H2,1-2H3,(H,21,22)(H,23,24)/t11-,12+,13+,14+,17-,18-,19+,20+/m0/s1. The second-order valence-electron chi connectivity index (χ2n) is 10.3. The summed E-state index contributed by atoms with van der Waals surface area (Å²) >= 11 is 0. The molecule has 0 aromatic carbocycles. The lowest BCUT2D eigenvalue weighted by atomic mass is 9.39. The number of carboxylic acid groups (broad SMARTS) is 2. The zero-order valence-corrected chi connectivity index (χ0v) is 14.7. The fraction of sp³-hybridized carbons (Fsp3) is 0.900. The van der Waals surface area contributed by atoms with E-state index in [0.717, 1.165) is 51.4 Å². The van der Waals surface area contributed by atoms with Crippen molar-refractivity contribution in [2.75, 3.05) is 0 Å². The van der Waals surface area contributed by atoms with E-state index in [0.29, 0.717) is 17.8 Å². The van der Waals surface area contributed by atoms with E-state index in [9.17, 15) is 19.8 Å². The molecule has 0 saturated heterocycles. The molecule has 0 aromatic heterocycles. The largest absolute Gasteiger partial charge is 0.481 e. The van der Waals surface area contributed by atoms with Crippen LogP contribution in [0.3, 0.4) is 0 Å². The van der Waals surface area contributed by atoms with Gasteiger partial charge in [-0.2, -0.15) is 0 Å². The van der Waals surface area contributed by atoms with Crippen molar-refractivity contribution in [3.63, 3.8) is 0 Å². The first kappa shape index (κ1) is 15.2. The number of hydrogen-bond donors (Lipinski definition) is 2. The molecule has 0 amide bonds. The maximum atomic E-state index is 12.1. The fourth-order valence-electron chi connectivity index (χ4n) is 8.82. The Morgan fingerprint density at radius 1 is 0.958 bits per heavy atom. The van der Waals surface area contributed by atoms with Gasteiger partial charge in [0, 0.05) is 0 Å². The molecule has 0 unspecified atom stereocenters. The molecular weight excluding hydrogens is 304 g/mol. The Hall–Kier alpha value is -1.06. The Morgan fingerprint density at radius 3 is 2.33 bits per heavy atom. The number of hydrogen-bond acceptors (Lipinski definition) is 2. The number of aliphatic carboxylic acids is 2. The van der Waals surface area contributed by atoms with Gasteiger partial charge in [0.05, 0.1) is 10.8 Å². The Balaban J connectivity index is 1.54. The van der Waals surface area contributed by atoms with Crippen molar-refractivity contribution in [1.29, 1.82) is 0 Å². The molecule has 0 aliphatic heterocycles. The summed E-state index contributed by atoms with van der Waals surface area (Å²) in [5.74, 6) is 0.402. The first-order valence-electron chi connectivity index (χ1n) is 9.68. The molecule has 4 bridgehead atoms. The van der Waals surface area contributed by atoms with E-state index in [2.05, 4.69) is 6.92 Å². The topological polar surface area (TPSA) is 74.6 Å². The van der Waals surface area contributed by atoms with Crippen LogP contribution in [0.15, 0.2) is 0 Å². The number of fused-ring (bicyclic) bond motifs is 1. The van der Waals surface area contributed by atoms with Gasteiger partial charge in [-0.05, 0) is 86.4 Å². The van der Waals surface area contributed by atoms with Crippen LogP contribution in [0, 0.1) is 45.3 Å². The highest BCUT2D eigenvalue weighted by atomic mass is 16.4. The highest BCUT2D eigenvalue weighted by Gasteiger charge is 2.83. The predicted octanol–water partition coefficient (Wildman–Crippen LogP) is 3.79. The van der Waals surface area contributed by atoms with E-state index < -0.39 is 22.8 Å². The van der Waals surface area contributed by atoms with Crippen molar-refractivity contribution in [3.05, 3.63) is 0 Å². The molecule has 1 spiro atoms. The van der Waals surface area contributed by atoms with Gasteiger partial charge in [-0.15, -0.1) is 0 Å². The number of carboxylic acids is 2. The maximum Gasteiger partial charge on any atom is 0.310 e. The molecule has 4 nitrogen and oxygen atoms in total. The van der Waals surface area contributed by atoms with Crippen LogP contribution in [0.1, 0.15) is 65.2 Å². The molecule has 6 fully saturated rings. The van der Waals surface area contributed by atoms with Gasteiger partial charge >= 0.3 is 11.9 Å². The summed E-state index contributed by atoms with van der Waals surface area (Å²) in [5.41, 5.74) is -0.714. The van der Waals surface area contributed by atoms with Crippen molar-refractivity contribution in [2.24, 2.45) is 45.3 Å². The van der Waals surface area contributed by atoms with Crippen molar-refractivity contribution >= 4 is 11.9 Å². The smallest absolute Gasteiger partial charge is 0.310 e. The summed E-state index contributed by atoms with van der Waals surface area (Å²) in [6.45, 7) is 4.33. The van der Waals surface area contributed by atoms with Crippen LogP contribution in [0.25, 0.3) is 0 Å². The molecule has 132 valence electrons. The van der Waals surface area contributed by atoms with Crippen molar-refractivity contribution < 1.29 is 19.8 Å². The summed E-state index contributed by atoms with van der Waals surface area (Å²) in [6, 6.07) is 0. The zero-order valence-electron chi connectivity index (χ0n) is 14.7. The van der Waals surface area contributed by atoms with Crippen LogP contribution < -0.4 is 0 Å². The SMILES string of the molecule is C[C@]12CCC[C@](C)(C(=O)O)[C@@H]1CC[C@]13C[C@@H]4[C@H](C[C@@H]12)[C@]4(C(=O)O)C3. The third kappa shape index (κ3) is 1.37. The summed E-state index contributed by atoms with van der Waals surface area (Å²) in [6.07, 6.45) is 7.97. The molecule has 24 heavy (non-hydrogen) atoms. The molecule has 2 N–H and O–H groups in total. The van der Waals surface area contributed by atoms with Gasteiger partial charge in [0.25, 0.3) is 0 Å². The number of rotatable bonds is 2. The van der Waals surface area contributed by atoms with Crippen LogP contribution in [0.5, 0.6) is 0 Å². The van der Waals surface area contributed by atoms with Crippen molar-refractivity contribution in [3.8, 4) is 0 Å². The minimum atomic E-state index is -0.622. The molecule has 4 heteroatoms. The van der Waals surface area contributed by atoms with E-state index in [1.807, 2.05) is 6.92 Å². The van der Waals surface area contributed by atoms with Crippen LogP contribution >= 0.6 is 0 Å².